The first-order valence-corrected chi connectivity index (χ1v) is 7.81. The van der Waals surface area contributed by atoms with E-state index in [4.69, 9.17) is 4.42 Å². The second-order valence-electron chi connectivity index (χ2n) is 5.64. The van der Waals surface area contributed by atoms with Crippen molar-refractivity contribution in [2.24, 2.45) is 0 Å². The Bertz CT molecular complexity index is 807. The van der Waals surface area contributed by atoms with Gasteiger partial charge in [-0.2, -0.15) is 0 Å². The van der Waals surface area contributed by atoms with Crippen molar-refractivity contribution in [3.63, 3.8) is 0 Å². The summed E-state index contributed by atoms with van der Waals surface area (Å²) in [6, 6.07) is 18.5. The zero-order valence-corrected chi connectivity index (χ0v) is 13.4. The number of aliphatic hydroxyl groups excluding tert-OH is 1. The first kappa shape index (κ1) is 16.0. The Labute approximate surface area is 140 Å². The molecule has 0 aliphatic heterocycles. The maximum Gasteiger partial charge on any atom is 0.251 e. The molecule has 4 heteroatoms. The fourth-order valence-corrected chi connectivity index (χ4v) is 2.54. The predicted molar refractivity (Wildman–Crippen MR) is 92.6 cm³/mol. The summed E-state index contributed by atoms with van der Waals surface area (Å²) in [7, 11) is 0. The van der Waals surface area contributed by atoms with Crippen LogP contribution in [0.15, 0.2) is 71.3 Å². The van der Waals surface area contributed by atoms with Crippen LogP contribution in [0.25, 0.3) is 11.3 Å². The number of carbonyl (C=O) groups excluding carboxylic acids is 1. The van der Waals surface area contributed by atoms with Gasteiger partial charge in [0.25, 0.3) is 5.91 Å². The summed E-state index contributed by atoms with van der Waals surface area (Å²) in [4.78, 5) is 12.2. The molecule has 1 amide bonds. The molecule has 3 aromatic rings. The predicted octanol–water partition coefficient (Wildman–Crippen LogP) is 3.72. The number of hydrogen-bond acceptors (Lipinski definition) is 3. The summed E-state index contributed by atoms with van der Waals surface area (Å²) < 4.78 is 5.34. The molecule has 0 aliphatic carbocycles. The van der Waals surface area contributed by atoms with Gasteiger partial charge in [0.1, 0.15) is 5.76 Å². The molecule has 0 unspecified atom stereocenters. The number of hydrogen-bond donors (Lipinski definition) is 2. The van der Waals surface area contributed by atoms with E-state index in [1.807, 2.05) is 61.5 Å². The SMILES string of the molecule is Cc1ccccc1C(=O)NC[C@H](O)c1ccc(-c2ccco2)cc1. The molecule has 2 aromatic carbocycles. The second-order valence-corrected chi connectivity index (χ2v) is 5.64. The Balaban J connectivity index is 1.62. The molecule has 1 atom stereocenters. The van der Waals surface area contributed by atoms with Gasteiger partial charge in [-0.3, -0.25) is 4.79 Å². The van der Waals surface area contributed by atoms with Crippen LogP contribution in [-0.2, 0) is 0 Å². The van der Waals surface area contributed by atoms with Crippen LogP contribution in [0.3, 0.4) is 0 Å². The number of amides is 1. The molecule has 0 saturated heterocycles. The first-order chi connectivity index (χ1) is 11.6. The molecular formula is C20H19NO3. The topological polar surface area (TPSA) is 62.5 Å². The normalized spacial score (nSPS) is 11.9. The second kappa shape index (κ2) is 7.15. The Morgan fingerprint density at radius 2 is 1.83 bits per heavy atom. The van der Waals surface area contributed by atoms with Crippen molar-refractivity contribution in [1.82, 2.24) is 5.32 Å². The molecule has 3 rings (SSSR count). The van der Waals surface area contributed by atoms with Crippen molar-refractivity contribution in [1.29, 1.82) is 0 Å². The standard InChI is InChI=1S/C20H19NO3/c1-14-5-2-3-6-17(14)20(23)21-13-18(22)15-8-10-16(11-9-15)19-7-4-12-24-19/h2-12,18,22H,13H2,1H3,(H,21,23)/t18-/m0/s1. The smallest absolute Gasteiger partial charge is 0.251 e. The lowest BCUT2D eigenvalue weighted by Gasteiger charge is -2.13. The van der Waals surface area contributed by atoms with Crippen LogP contribution in [0.4, 0.5) is 0 Å². The Kier molecular flexibility index (Phi) is 4.77. The van der Waals surface area contributed by atoms with Gasteiger partial charge in [-0.05, 0) is 36.2 Å². The van der Waals surface area contributed by atoms with Gasteiger partial charge in [-0.1, -0.05) is 42.5 Å². The molecule has 1 heterocycles. The minimum Gasteiger partial charge on any atom is -0.464 e. The van der Waals surface area contributed by atoms with E-state index < -0.39 is 6.10 Å². The molecule has 0 aliphatic rings. The molecule has 24 heavy (non-hydrogen) atoms. The highest BCUT2D eigenvalue weighted by atomic mass is 16.3. The number of rotatable bonds is 5. The minimum atomic E-state index is -0.761. The summed E-state index contributed by atoms with van der Waals surface area (Å²) in [6.45, 7) is 2.05. The third-order valence-corrected chi connectivity index (χ3v) is 3.95. The van der Waals surface area contributed by atoms with E-state index in [0.29, 0.717) is 5.56 Å². The quantitative estimate of drug-likeness (QED) is 0.753. The van der Waals surface area contributed by atoms with Crippen LogP contribution in [-0.4, -0.2) is 17.6 Å². The van der Waals surface area contributed by atoms with Crippen LogP contribution in [0.1, 0.15) is 27.6 Å². The number of benzene rings is 2. The van der Waals surface area contributed by atoms with Crippen LogP contribution in [0, 0.1) is 6.92 Å². The molecule has 4 nitrogen and oxygen atoms in total. The lowest BCUT2D eigenvalue weighted by Crippen LogP contribution is -2.28. The third kappa shape index (κ3) is 3.55. The number of nitrogens with one attached hydrogen (secondary N) is 1. The maximum atomic E-state index is 12.2. The summed E-state index contributed by atoms with van der Waals surface area (Å²) in [6.07, 6.45) is 0.864. The van der Waals surface area contributed by atoms with Gasteiger partial charge in [0.2, 0.25) is 0 Å². The summed E-state index contributed by atoms with van der Waals surface area (Å²) in [5.74, 6) is 0.600. The average molecular weight is 321 g/mol. The average Bonchev–Trinajstić information content (AvgIpc) is 3.14. The Morgan fingerprint density at radius 1 is 1.08 bits per heavy atom. The highest BCUT2D eigenvalue weighted by Crippen LogP contribution is 2.22. The van der Waals surface area contributed by atoms with Crippen LogP contribution in [0.2, 0.25) is 0 Å². The van der Waals surface area contributed by atoms with E-state index in [2.05, 4.69) is 5.32 Å². The highest BCUT2D eigenvalue weighted by molar-refractivity contribution is 5.95. The number of furan rings is 1. The Morgan fingerprint density at radius 3 is 2.50 bits per heavy atom. The molecule has 0 radical (unpaired) electrons. The molecule has 0 spiro atoms. The van der Waals surface area contributed by atoms with Crippen molar-refractivity contribution >= 4 is 5.91 Å². The van der Waals surface area contributed by atoms with Crippen molar-refractivity contribution in [2.75, 3.05) is 6.54 Å². The van der Waals surface area contributed by atoms with E-state index in [1.54, 1.807) is 12.3 Å². The van der Waals surface area contributed by atoms with Crippen LogP contribution < -0.4 is 5.32 Å². The summed E-state index contributed by atoms with van der Waals surface area (Å²) in [5.41, 5.74) is 3.22. The van der Waals surface area contributed by atoms with E-state index >= 15 is 0 Å². The van der Waals surface area contributed by atoms with E-state index in [1.165, 1.54) is 0 Å². The monoisotopic (exact) mass is 321 g/mol. The highest BCUT2D eigenvalue weighted by Gasteiger charge is 2.12. The zero-order chi connectivity index (χ0) is 16.9. The zero-order valence-electron chi connectivity index (χ0n) is 13.4. The summed E-state index contributed by atoms with van der Waals surface area (Å²) >= 11 is 0. The van der Waals surface area contributed by atoms with E-state index in [9.17, 15) is 9.90 Å². The maximum absolute atomic E-state index is 12.2. The molecule has 0 saturated carbocycles. The lowest BCUT2D eigenvalue weighted by molar-refractivity contribution is 0.0915. The number of carbonyl (C=O) groups is 1. The fourth-order valence-electron chi connectivity index (χ4n) is 2.54. The molecule has 2 N–H and O–H groups in total. The van der Waals surface area contributed by atoms with E-state index in [-0.39, 0.29) is 12.5 Å². The largest absolute Gasteiger partial charge is 0.464 e. The van der Waals surface area contributed by atoms with Gasteiger partial charge >= 0.3 is 0 Å². The van der Waals surface area contributed by atoms with Crippen molar-refractivity contribution < 1.29 is 14.3 Å². The number of aryl methyl sites for hydroxylation is 1. The molecule has 0 fully saturated rings. The molecule has 122 valence electrons. The van der Waals surface area contributed by atoms with Crippen molar-refractivity contribution in [2.45, 2.75) is 13.0 Å². The first-order valence-electron chi connectivity index (χ1n) is 7.81. The van der Waals surface area contributed by atoms with Gasteiger partial charge in [-0.25, -0.2) is 0 Å². The van der Waals surface area contributed by atoms with Gasteiger partial charge in [0.15, 0.2) is 0 Å². The third-order valence-electron chi connectivity index (χ3n) is 3.95. The van der Waals surface area contributed by atoms with Gasteiger partial charge in [-0.15, -0.1) is 0 Å². The lowest BCUT2D eigenvalue weighted by atomic mass is 10.1. The number of aliphatic hydroxyl groups is 1. The van der Waals surface area contributed by atoms with Crippen LogP contribution in [0.5, 0.6) is 0 Å². The van der Waals surface area contributed by atoms with E-state index in [0.717, 1.165) is 22.5 Å². The van der Waals surface area contributed by atoms with Crippen molar-refractivity contribution in [3.05, 3.63) is 83.6 Å². The van der Waals surface area contributed by atoms with Crippen LogP contribution >= 0.6 is 0 Å². The van der Waals surface area contributed by atoms with Gasteiger partial charge in [0, 0.05) is 17.7 Å². The Hall–Kier alpha value is -2.85. The summed E-state index contributed by atoms with van der Waals surface area (Å²) in [5, 5.41) is 13.0. The van der Waals surface area contributed by atoms with Gasteiger partial charge in [0.05, 0.1) is 12.4 Å². The van der Waals surface area contributed by atoms with Crippen molar-refractivity contribution in [3.8, 4) is 11.3 Å². The van der Waals surface area contributed by atoms with Gasteiger partial charge < -0.3 is 14.8 Å². The molecular weight excluding hydrogens is 302 g/mol. The molecule has 0 bridgehead atoms. The minimum absolute atomic E-state index is 0.160. The fraction of sp³-hybridized carbons (Fsp3) is 0.150. The molecule has 1 aromatic heterocycles.